The van der Waals surface area contributed by atoms with E-state index in [1.165, 1.54) is 12.8 Å². The molecule has 1 heterocycles. The first kappa shape index (κ1) is 9.69. The lowest BCUT2D eigenvalue weighted by molar-refractivity contribution is -0.169. The molecular weight excluding hydrogens is 180 g/mol. The molecule has 1 aliphatic heterocycles. The van der Waals surface area contributed by atoms with Crippen LogP contribution in [0.15, 0.2) is 0 Å². The summed E-state index contributed by atoms with van der Waals surface area (Å²) in [6, 6.07) is 0. The van der Waals surface area contributed by atoms with Gasteiger partial charge in [-0.25, -0.2) is 0 Å². The lowest BCUT2D eigenvalue weighted by atomic mass is 9.74. The van der Waals surface area contributed by atoms with Gasteiger partial charge >= 0.3 is 11.9 Å². The van der Waals surface area contributed by atoms with E-state index in [2.05, 4.69) is 4.74 Å². The molecule has 0 N–H and O–H groups in total. The van der Waals surface area contributed by atoms with Gasteiger partial charge in [-0.15, -0.1) is 0 Å². The highest BCUT2D eigenvalue weighted by Crippen LogP contribution is 2.43. The molecule has 1 saturated heterocycles. The molecule has 78 valence electrons. The minimum absolute atomic E-state index is 0.0388. The molecule has 3 nitrogen and oxygen atoms in total. The third-order valence-corrected chi connectivity index (χ3v) is 3.43. The highest BCUT2D eigenvalue weighted by molar-refractivity contribution is 5.89. The van der Waals surface area contributed by atoms with Crippen LogP contribution in [0.25, 0.3) is 0 Å². The van der Waals surface area contributed by atoms with Crippen molar-refractivity contribution in [3.05, 3.63) is 0 Å². The molecule has 1 spiro atoms. The molecule has 0 bridgehead atoms. The molecule has 2 rings (SSSR count). The second-order valence-corrected chi connectivity index (χ2v) is 4.61. The number of carbonyl (C=O) groups excluding carboxylic acids is 2. The lowest BCUT2D eigenvalue weighted by Gasteiger charge is -2.33. The summed E-state index contributed by atoms with van der Waals surface area (Å²) in [7, 11) is 0. The van der Waals surface area contributed by atoms with Crippen LogP contribution in [0, 0.1) is 5.41 Å². The second kappa shape index (κ2) is 3.71. The smallest absolute Gasteiger partial charge is 0.314 e. The maximum atomic E-state index is 11.2. The van der Waals surface area contributed by atoms with Crippen molar-refractivity contribution in [2.75, 3.05) is 0 Å². The van der Waals surface area contributed by atoms with Crippen LogP contribution in [0.2, 0.25) is 0 Å². The van der Waals surface area contributed by atoms with Gasteiger partial charge in [0.25, 0.3) is 0 Å². The summed E-state index contributed by atoms with van der Waals surface area (Å²) in [5.41, 5.74) is -0.0388. The normalized spacial score (nSPS) is 27.1. The van der Waals surface area contributed by atoms with Crippen molar-refractivity contribution in [2.45, 2.75) is 51.4 Å². The summed E-state index contributed by atoms with van der Waals surface area (Å²) in [6.07, 6.45) is 7.75. The van der Waals surface area contributed by atoms with Crippen LogP contribution in [0.5, 0.6) is 0 Å². The van der Waals surface area contributed by atoms with Gasteiger partial charge in [-0.2, -0.15) is 0 Å². The summed E-state index contributed by atoms with van der Waals surface area (Å²) < 4.78 is 4.58. The topological polar surface area (TPSA) is 43.4 Å². The van der Waals surface area contributed by atoms with Crippen LogP contribution >= 0.6 is 0 Å². The van der Waals surface area contributed by atoms with E-state index in [0.717, 1.165) is 25.7 Å². The molecule has 0 amide bonds. The average molecular weight is 196 g/mol. The van der Waals surface area contributed by atoms with E-state index in [9.17, 15) is 9.59 Å². The molecule has 0 radical (unpaired) electrons. The first-order valence-electron chi connectivity index (χ1n) is 5.44. The molecule has 1 saturated carbocycles. The first-order chi connectivity index (χ1) is 6.70. The highest BCUT2D eigenvalue weighted by atomic mass is 16.6. The highest BCUT2D eigenvalue weighted by Gasteiger charge is 2.40. The summed E-state index contributed by atoms with van der Waals surface area (Å²) >= 11 is 0. The standard InChI is InChI=1S/C11H16O3/c12-9-7-11(8-10(13)14-9)5-3-1-2-4-6-11/h1-8H2. The fourth-order valence-electron chi connectivity index (χ4n) is 2.71. The van der Waals surface area contributed by atoms with Gasteiger partial charge in [-0.3, -0.25) is 9.59 Å². The van der Waals surface area contributed by atoms with Crippen molar-refractivity contribution in [1.29, 1.82) is 0 Å². The van der Waals surface area contributed by atoms with Gasteiger partial charge in [0.2, 0.25) is 0 Å². The zero-order valence-corrected chi connectivity index (χ0v) is 8.38. The predicted octanol–water partition coefficient (Wildman–Crippen LogP) is 2.19. The lowest BCUT2D eigenvalue weighted by Crippen LogP contribution is -2.35. The van der Waals surface area contributed by atoms with Crippen LogP contribution < -0.4 is 0 Å². The van der Waals surface area contributed by atoms with Gasteiger partial charge in [-0.05, 0) is 18.3 Å². The van der Waals surface area contributed by atoms with E-state index in [4.69, 9.17) is 0 Å². The fourth-order valence-corrected chi connectivity index (χ4v) is 2.71. The van der Waals surface area contributed by atoms with Gasteiger partial charge in [0.1, 0.15) is 0 Å². The monoisotopic (exact) mass is 196 g/mol. The van der Waals surface area contributed by atoms with Crippen LogP contribution in [-0.4, -0.2) is 11.9 Å². The largest absolute Gasteiger partial charge is 0.393 e. The van der Waals surface area contributed by atoms with Crippen molar-refractivity contribution in [3.8, 4) is 0 Å². The number of cyclic esters (lactones) is 2. The van der Waals surface area contributed by atoms with Gasteiger partial charge in [0, 0.05) is 0 Å². The zero-order chi connectivity index (χ0) is 10.0. The number of rotatable bonds is 0. The number of hydrogen-bond acceptors (Lipinski definition) is 3. The van der Waals surface area contributed by atoms with Crippen molar-refractivity contribution in [3.63, 3.8) is 0 Å². The van der Waals surface area contributed by atoms with E-state index in [1.54, 1.807) is 0 Å². The Morgan fingerprint density at radius 2 is 1.36 bits per heavy atom. The number of esters is 2. The van der Waals surface area contributed by atoms with Gasteiger partial charge < -0.3 is 4.74 Å². The van der Waals surface area contributed by atoms with Gasteiger partial charge in [-0.1, -0.05) is 25.7 Å². The Hall–Kier alpha value is -0.860. The molecule has 2 aliphatic rings. The SMILES string of the molecule is O=C1CC2(CCCCCC2)CC(=O)O1. The minimum Gasteiger partial charge on any atom is -0.393 e. The molecule has 2 fully saturated rings. The Bertz CT molecular complexity index is 231. The Morgan fingerprint density at radius 1 is 0.857 bits per heavy atom. The summed E-state index contributed by atoms with van der Waals surface area (Å²) in [5, 5.41) is 0. The quantitative estimate of drug-likeness (QED) is 0.440. The maximum absolute atomic E-state index is 11.2. The van der Waals surface area contributed by atoms with Crippen molar-refractivity contribution in [1.82, 2.24) is 0 Å². The predicted molar refractivity (Wildman–Crippen MR) is 50.5 cm³/mol. The van der Waals surface area contributed by atoms with Gasteiger partial charge in [0.15, 0.2) is 0 Å². The van der Waals surface area contributed by atoms with E-state index in [-0.39, 0.29) is 17.4 Å². The van der Waals surface area contributed by atoms with Crippen LogP contribution in [0.4, 0.5) is 0 Å². The Labute approximate surface area is 83.8 Å². The van der Waals surface area contributed by atoms with Crippen molar-refractivity contribution in [2.24, 2.45) is 5.41 Å². The van der Waals surface area contributed by atoms with Crippen molar-refractivity contribution < 1.29 is 14.3 Å². The second-order valence-electron chi connectivity index (χ2n) is 4.61. The number of hydrogen-bond donors (Lipinski definition) is 0. The Balaban J connectivity index is 2.11. The van der Waals surface area contributed by atoms with E-state index < -0.39 is 0 Å². The summed E-state index contributed by atoms with van der Waals surface area (Å²) in [4.78, 5) is 22.4. The third kappa shape index (κ3) is 1.97. The van der Waals surface area contributed by atoms with Crippen LogP contribution in [0.1, 0.15) is 51.4 Å². The third-order valence-electron chi connectivity index (χ3n) is 3.43. The van der Waals surface area contributed by atoms with Crippen LogP contribution in [-0.2, 0) is 14.3 Å². The van der Waals surface area contributed by atoms with E-state index >= 15 is 0 Å². The Morgan fingerprint density at radius 3 is 1.86 bits per heavy atom. The first-order valence-corrected chi connectivity index (χ1v) is 5.44. The molecule has 0 aromatic carbocycles. The summed E-state index contributed by atoms with van der Waals surface area (Å²) in [5.74, 6) is -0.633. The molecule has 1 aliphatic carbocycles. The molecule has 3 heteroatoms. The molecule has 14 heavy (non-hydrogen) atoms. The van der Waals surface area contributed by atoms with E-state index in [0.29, 0.717) is 12.8 Å². The fraction of sp³-hybridized carbons (Fsp3) is 0.818. The van der Waals surface area contributed by atoms with E-state index in [1.807, 2.05) is 0 Å². The molecule has 0 aromatic heterocycles. The van der Waals surface area contributed by atoms with Crippen molar-refractivity contribution >= 4 is 11.9 Å². The average Bonchev–Trinajstić information content (AvgIpc) is 2.28. The maximum Gasteiger partial charge on any atom is 0.314 e. The minimum atomic E-state index is -0.317. The number of carbonyl (C=O) groups is 2. The number of ether oxygens (including phenoxy) is 1. The molecular formula is C11H16O3. The van der Waals surface area contributed by atoms with Gasteiger partial charge in [0.05, 0.1) is 12.8 Å². The molecule has 0 unspecified atom stereocenters. The summed E-state index contributed by atoms with van der Waals surface area (Å²) in [6.45, 7) is 0. The molecule has 0 atom stereocenters. The van der Waals surface area contributed by atoms with Crippen LogP contribution in [0.3, 0.4) is 0 Å². The Kier molecular flexibility index (Phi) is 2.57. The zero-order valence-electron chi connectivity index (χ0n) is 8.38. The molecule has 0 aromatic rings.